The van der Waals surface area contributed by atoms with Gasteiger partial charge in [-0.2, -0.15) is 27.0 Å². The highest BCUT2D eigenvalue weighted by Gasteiger charge is 2.35. The average molecular weight is 406 g/mol. The van der Waals surface area contributed by atoms with Crippen molar-refractivity contribution < 1.29 is 19.1 Å². The Balaban J connectivity index is 0.00000131. The van der Waals surface area contributed by atoms with Crippen LogP contribution < -0.4 is 5.32 Å². The second-order valence-electron chi connectivity index (χ2n) is 6.43. The van der Waals surface area contributed by atoms with Crippen LogP contribution in [-0.4, -0.2) is 37.2 Å². The molecule has 2 aromatic carbocycles. The van der Waals surface area contributed by atoms with Gasteiger partial charge in [0, 0.05) is 5.92 Å². The summed E-state index contributed by atoms with van der Waals surface area (Å²) >= 11 is 0. The van der Waals surface area contributed by atoms with Gasteiger partial charge in [0.15, 0.2) is 5.78 Å². The van der Waals surface area contributed by atoms with Crippen LogP contribution in [-0.2, 0) is 14.3 Å². The molecule has 144 valence electrons. The minimum atomic E-state index is -0.629. The topological polar surface area (TPSA) is 64.6 Å². The summed E-state index contributed by atoms with van der Waals surface area (Å²) in [7, 11) is 0. The van der Waals surface area contributed by atoms with E-state index in [2.05, 4.69) is 29.6 Å². The number of hydrogen-bond acceptors (Lipinski definition) is 4. The third-order valence-corrected chi connectivity index (χ3v) is 4.92. The van der Waals surface area contributed by atoms with Crippen LogP contribution in [0.4, 0.5) is 4.79 Å². The fourth-order valence-electron chi connectivity index (χ4n) is 3.63. The van der Waals surface area contributed by atoms with Crippen molar-refractivity contribution in [2.75, 3.05) is 13.2 Å². The van der Waals surface area contributed by atoms with Gasteiger partial charge in [0.1, 0.15) is 19.3 Å². The van der Waals surface area contributed by atoms with Crippen LogP contribution in [0.25, 0.3) is 11.1 Å². The van der Waals surface area contributed by atoms with Crippen molar-refractivity contribution in [2.24, 2.45) is 0 Å². The number of ether oxygens (including phenoxy) is 2. The number of hydrogen-bond donors (Lipinski definition) is 1. The second-order valence-corrected chi connectivity index (χ2v) is 6.43. The van der Waals surface area contributed by atoms with Crippen molar-refractivity contribution in [1.82, 2.24) is 5.32 Å². The first-order valence-corrected chi connectivity index (χ1v) is 8.41. The van der Waals surface area contributed by atoms with Crippen LogP contribution in [0.2, 0.25) is 0 Å². The zero-order valence-electron chi connectivity index (χ0n) is 14.9. The van der Waals surface area contributed by atoms with Gasteiger partial charge in [0.05, 0.1) is 6.10 Å². The lowest BCUT2D eigenvalue weighted by atomic mass is 9.98. The van der Waals surface area contributed by atoms with E-state index in [0.717, 1.165) is 11.1 Å². The molecule has 7 heteroatoms. The number of amides is 1. The number of nitrogens with one attached hydrogen (secondary N) is 1. The molecule has 2 aliphatic rings. The maximum absolute atomic E-state index is 12.1. The number of carbonyl (C=O) groups is 2. The predicted molar refractivity (Wildman–Crippen MR) is 113 cm³/mol. The Bertz CT molecular complexity index is 797. The highest BCUT2D eigenvalue weighted by Crippen LogP contribution is 2.44. The Morgan fingerprint density at radius 1 is 1.07 bits per heavy atom. The smallest absolute Gasteiger partial charge is 0.407 e. The molecule has 0 radical (unpaired) electrons. The fraction of sp³-hybridized carbons (Fsp3) is 0.300. The number of fused-ring (bicyclic) bond motifs is 3. The van der Waals surface area contributed by atoms with Gasteiger partial charge >= 0.3 is 6.09 Å². The van der Waals surface area contributed by atoms with E-state index in [0.29, 0.717) is 0 Å². The Kier molecular flexibility index (Phi) is 6.97. The zero-order chi connectivity index (χ0) is 17.4. The maximum atomic E-state index is 12.1. The van der Waals surface area contributed by atoms with E-state index >= 15 is 0 Å². The molecule has 0 bridgehead atoms. The molecule has 4 rings (SSSR count). The quantitative estimate of drug-likeness (QED) is 0.852. The van der Waals surface area contributed by atoms with Gasteiger partial charge in [0.25, 0.3) is 0 Å². The molecule has 1 heterocycles. The van der Waals surface area contributed by atoms with Crippen molar-refractivity contribution in [1.29, 1.82) is 0 Å². The van der Waals surface area contributed by atoms with Gasteiger partial charge in [-0.1, -0.05) is 48.5 Å². The molecule has 1 aliphatic heterocycles. The predicted octanol–water partition coefficient (Wildman–Crippen LogP) is 3.11. The first-order chi connectivity index (χ1) is 12.1. The Morgan fingerprint density at radius 2 is 1.63 bits per heavy atom. The number of carbonyl (C=O) groups excluding carboxylic acids is 2. The van der Waals surface area contributed by atoms with Gasteiger partial charge in [-0.25, -0.2) is 4.79 Å². The number of benzene rings is 2. The van der Waals surface area contributed by atoms with Crippen molar-refractivity contribution in [3.8, 4) is 11.1 Å². The molecule has 1 N–H and O–H groups in total. The average Bonchev–Trinajstić information content (AvgIpc) is 3.12. The van der Waals surface area contributed by atoms with Gasteiger partial charge < -0.3 is 14.8 Å². The Labute approximate surface area is 172 Å². The SMILES string of the molecule is C[C@@H]1OCC(=O)[C@H]1NC(=O)OCC1c2ccccc2-c2ccccc21.S.S. The monoisotopic (exact) mass is 405 g/mol. The van der Waals surface area contributed by atoms with Crippen LogP contribution in [0.3, 0.4) is 0 Å². The highest BCUT2D eigenvalue weighted by molar-refractivity contribution is 7.59. The van der Waals surface area contributed by atoms with E-state index in [9.17, 15) is 9.59 Å². The van der Waals surface area contributed by atoms with Crippen LogP contribution in [0, 0.1) is 0 Å². The van der Waals surface area contributed by atoms with E-state index in [1.54, 1.807) is 6.92 Å². The van der Waals surface area contributed by atoms with Gasteiger partial charge in [-0.15, -0.1) is 0 Å². The lowest BCUT2D eigenvalue weighted by Crippen LogP contribution is -2.44. The fourth-order valence-corrected chi connectivity index (χ4v) is 3.63. The second kappa shape index (κ2) is 8.82. The van der Waals surface area contributed by atoms with Crippen molar-refractivity contribution in [2.45, 2.75) is 25.0 Å². The van der Waals surface area contributed by atoms with E-state index in [-0.39, 0.29) is 58.0 Å². The van der Waals surface area contributed by atoms with Crippen LogP contribution in [0.1, 0.15) is 24.0 Å². The minimum Gasteiger partial charge on any atom is -0.449 e. The molecule has 2 atom stereocenters. The molecule has 0 spiro atoms. The lowest BCUT2D eigenvalue weighted by molar-refractivity contribution is -0.119. The first-order valence-electron chi connectivity index (χ1n) is 8.41. The molecular weight excluding hydrogens is 382 g/mol. The Hall–Kier alpha value is -1.96. The Morgan fingerprint density at radius 3 is 2.15 bits per heavy atom. The summed E-state index contributed by atoms with van der Waals surface area (Å²) in [6.07, 6.45) is -0.912. The summed E-state index contributed by atoms with van der Waals surface area (Å²) < 4.78 is 10.7. The van der Waals surface area contributed by atoms with Gasteiger partial charge in [-0.3, -0.25) is 4.79 Å². The molecule has 1 saturated heterocycles. The molecule has 1 fully saturated rings. The molecule has 27 heavy (non-hydrogen) atoms. The molecular formula is C20H23NO4S2. The van der Waals surface area contributed by atoms with E-state index in [1.165, 1.54) is 11.1 Å². The molecule has 0 unspecified atom stereocenters. The summed E-state index contributed by atoms with van der Waals surface area (Å²) in [5, 5.41) is 2.61. The highest BCUT2D eigenvalue weighted by atomic mass is 32.1. The minimum absolute atomic E-state index is 0. The van der Waals surface area contributed by atoms with Gasteiger partial charge in [-0.05, 0) is 29.2 Å². The lowest BCUT2D eigenvalue weighted by Gasteiger charge is -2.17. The van der Waals surface area contributed by atoms with Crippen LogP contribution in [0.5, 0.6) is 0 Å². The summed E-state index contributed by atoms with van der Waals surface area (Å²) in [6, 6.07) is 15.7. The number of ketones is 1. The maximum Gasteiger partial charge on any atom is 0.407 e. The van der Waals surface area contributed by atoms with Crippen molar-refractivity contribution in [3.63, 3.8) is 0 Å². The summed E-state index contributed by atoms with van der Waals surface area (Å²) in [5.74, 6) is -0.118. The normalized spacial score (nSPS) is 20.1. The molecule has 1 amide bonds. The van der Waals surface area contributed by atoms with Crippen LogP contribution >= 0.6 is 27.0 Å². The van der Waals surface area contributed by atoms with E-state index in [1.807, 2.05) is 24.3 Å². The van der Waals surface area contributed by atoms with Crippen molar-refractivity contribution >= 4 is 38.9 Å². The molecule has 5 nitrogen and oxygen atoms in total. The van der Waals surface area contributed by atoms with Gasteiger partial charge in [0.2, 0.25) is 0 Å². The number of rotatable bonds is 3. The number of Topliss-reactive ketones (excluding diaryl/α,β-unsaturated/α-hetero) is 1. The first kappa shape index (κ1) is 21.3. The molecule has 1 aliphatic carbocycles. The molecule has 2 aromatic rings. The largest absolute Gasteiger partial charge is 0.449 e. The summed E-state index contributed by atoms with van der Waals surface area (Å²) in [4.78, 5) is 23.8. The molecule has 0 saturated carbocycles. The zero-order valence-corrected chi connectivity index (χ0v) is 16.9. The van der Waals surface area contributed by atoms with Crippen LogP contribution in [0.15, 0.2) is 48.5 Å². The summed E-state index contributed by atoms with van der Waals surface area (Å²) in [5.41, 5.74) is 4.68. The third-order valence-electron chi connectivity index (χ3n) is 4.92. The summed E-state index contributed by atoms with van der Waals surface area (Å²) in [6.45, 7) is 2.03. The number of alkyl carbamates (subject to hydrolysis) is 1. The van der Waals surface area contributed by atoms with E-state index in [4.69, 9.17) is 9.47 Å². The van der Waals surface area contributed by atoms with E-state index < -0.39 is 12.1 Å². The van der Waals surface area contributed by atoms with Crippen molar-refractivity contribution in [3.05, 3.63) is 59.7 Å². The third kappa shape index (κ3) is 4.00. The molecule has 0 aromatic heterocycles. The standard InChI is InChI=1S/C20H19NO4.2H2S/c1-12-19(18(22)11-24-12)21-20(23)25-10-17-15-8-4-2-6-13(15)14-7-3-5-9-16(14)17;;/h2-9,12,17,19H,10-11H2,1H3,(H,21,23);2*1H2/t12-,19-;;/m0../s1.